The molecule has 106 valence electrons. The molecule has 0 aromatic heterocycles. The summed E-state index contributed by atoms with van der Waals surface area (Å²) in [6.45, 7) is 6.71. The summed E-state index contributed by atoms with van der Waals surface area (Å²) in [5.41, 5.74) is 8.34. The fourth-order valence-electron chi connectivity index (χ4n) is 2.48. The van der Waals surface area contributed by atoms with Gasteiger partial charge in [-0.1, -0.05) is 13.8 Å². The summed E-state index contributed by atoms with van der Waals surface area (Å²) in [6.07, 6.45) is 4.23. The Labute approximate surface area is 116 Å². The Morgan fingerprint density at radius 2 is 1.79 bits per heavy atom. The standard InChI is InChI=1S/C16H25NO2/c1-12(2)14-11-16-15(18-8-5-9-19-16)10-13(14)6-3-4-7-17/h10-12H,3-9,17H2,1-2H3. The molecule has 19 heavy (non-hydrogen) atoms. The number of ether oxygens (including phenoxy) is 2. The average molecular weight is 263 g/mol. The van der Waals surface area contributed by atoms with Gasteiger partial charge in [0.15, 0.2) is 11.5 Å². The van der Waals surface area contributed by atoms with Crippen molar-refractivity contribution in [1.29, 1.82) is 0 Å². The maximum Gasteiger partial charge on any atom is 0.161 e. The minimum absolute atomic E-state index is 0.505. The number of fused-ring (bicyclic) bond motifs is 1. The number of hydrogen-bond donors (Lipinski definition) is 1. The minimum atomic E-state index is 0.505. The molecule has 0 spiro atoms. The van der Waals surface area contributed by atoms with Crippen molar-refractivity contribution in [3.8, 4) is 11.5 Å². The van der Waals surface area contributed by atoms with E-state index in [1.165, 1.54) is 11.1 Å². The molecular formula is C16H25NO2. The van der Waals surface area contributed by atoms with Crippen LogP contribution in [0.15, 0.2) is 12.1 Å². The van der Waals surface area contributed by atoms with Crippen molar-refractivity contribution >= 4 is 0 Å². The first-order valence-electron chi connectivity index (χ1n) is 7.35. The Balaban J connectivity index is 2.26. The zero-order chi connectivity index (χ0) is 13.7. The number of aryl methyl sites for hydroxylation is 1. The fraction of sp³-hybridized carbons (Fsp3) is 0.625. The molecule has 0 aliphatic carbocycles. The monoisotopic (exact) mass is 263 g/mol. The Bertz CT molecular complexity index is 415. The number of nitrogens with two attached hydrogens (primary N) is 1. The normalized spacial score (nSPS) is 14.5. The van der Waals surface area contributed by atoms with Gasteiger partial charge in [-0.2, -0.15) is 0 Å². The summed E-state index contributed by atoms with van der Waals surface area (Å²) in [5.74, 6) is 2.32. The van der Waals surface area contributed by atoms with Crippen LogP contribution in [0.5, 0.6) is 11.5 Å². The van der Waals surface area contributed by atoms with Gasteiger partial charge < -0.3 is 15.2 Å². The SMILES string of the molecule is CC(C)c1cc2c(cc1CCCCN)OCCCO2. The first-order chi connectivity index (χ1) is 9.22. The highest BCUT2D eigenvalue weighted by atomic mass is 16.5. The van der Waals surface area contributed by atoms with Crippen LogP contribution in [0.4, 0.5) is 0 Å². The lowest BCUT2D eigenvalue weighted by molar-refractivity contribution is 0.297. The predicted octanol–water partition coefficient (Wildman–Crippen LogP) is 3.25. The Morgan fingerprint density at radius 1 is 1.11 bits per heavy atom. The van der Waals surface area contributed by atoms with Gasteiger partial charge in [-0.15, -0.1) is 0 Å². The van der Waals surface area contributed by atoms with Crippen molar-refractivity contribution in [1.82, 2.24) is 0 Å². The zero-order valence-corrected chi connectivity index (χ0v) is 12.1. The van der Waals surface area contributed by atoms with Crippen LogP contribution in [0.1, 0.15) is 50.2 Å². The average Bonchev–Trinajstić information content (AvgIpc) is 2.62. The predicted molar refractivity (Wildman–Crippen MR) is 78.1 cm³/mol. The van der Waals surface area contributed by atoms with E-state index < -0.39 is 0 Å². The van der Waals surface area contributed by atoms with Crippen LogP contribution in [0.3, 0.4) is 0 Å². The van der Waals surface area contributed by atoms with Crippen molar-refractivity contribution < 1.29 is 9.47 Å². The molecule has 1 aromatic carbocycles. The molecule has 0 radical (unpaired) electrons. The first kappa shape index (κ1) is 14.2. The second kappa shape index (κ2) is 6.80. The maximum absolute atomic E-state index is 5.78. The van der Waals surface area contributed by atoms with E-state index >= 15 is 0 Å². The van der Waals surface area contributed by atoms with Gasteiger partial charge in [0, 0.05) is 6.42 Å². The molecule has 2 N–H and O–H groups in total. The molecule has 0 fully saturated rings. The largest absolute Gasteiger partial charge is 0.490 e. The molecule has 0 amide bonds. The number of hydrogen-bond acceptors (Lipinski definition) is 3. The number of benzene rings is 1. The smallest absolute Gasteiger partial charge is 0.161 e. The van der Waals surface area contributed by atoms with Crippen LogP contribution in [-0.2, 0) is 6.42 Å². The number of unbranched alkanes of at least 4 members (excludes halogenated alkanes) is 1. The third kappa shape index (κ3) is 3.63. The highest BCUT2D eigenvalue weighted by Gasteiger charge is 2.16. The second-order valence-electron chi connectivity index (χ2n) is 5.45. The van der Waals surface area contributed by atoms with Gasteiger partial charge in [-0.25, -0.2) is 0 Å². The zero-order valence-electron chi connectivity index (χ0n) is 12.1. The summed E-state index contributed by atoms with van der Waals surface area (Å²) in [5, 5.41) is 0. The quantitative estimate of drug-likeness (QED) is 0.829. The molecule has 0 atom stereocenters. The Hall–Kier alpha value is -1.22. The molecule has 0 saturated carbocycles. The van der Waals surface area contributed by atoms with Gasteiger partial charge in [0.2, 0.25) is 0 Å². The van der Waals surface area contributed by atoms with E-state index in [1.807, 2.05) is 0 Å². The summed E-state index contributed by atoms with van der Waals surface area (Å²) in [4.78, 5) is 0. The fourth-order valence-corrected chi connectivity index (χ4v) is 2.48. The van der Waals surface area contributed by atoms with Crippen LogP contribution >= 0.6 is 0 Å². The lowest BCUT2D eigenvalue weighted by Gasteiger charge is -2.17. The van der Waals surface area contributed by atoms with Crippen molar-refractivity contribution in [2.24, 2.45) is 5.73 Å². The molecule has 3 nitrogen and oxygen atoms in total. The number of rotatable bonds is 5. The highest BCUT2D eigenvalue weighted by Crippen LogP contribution is 2.36. The lowest BCUT2D eigenvalue weighted by Crippen LogP contribution is -2.03. The van der Waals surface area contributed by atoms with Crippen LogP contribution < -0.4 is 15.2 Å². The van der Waals surface area contributed by atoms with E-state index in [-0.39, 0.29) is 0 Å². The Kier molecular flexibility index (Phi) is 5.08. The maximum atomic E-state index is 5.78. The van der Waals surface area contributed by atoms with Crippen molar-refractivity contribution in [2.75, 3.05) is 19.8 Å². The summed E-state index contributed by atoms with van der Waals surface area (Å²) in [6, 6.07) is 4.34. The molecule has 0 unspecified atom stereocenters. The van der Waals surface area contributed by atoms with E-state index in [4.69, 9.17) is 15.2 Å². The van der Waals surface area contributed by atoms with Gasteiger partial charge in [0.05, 0.1) is 13.2 Å². The molecule has 1 aliphatic heterocycles. The van der Waals surface area contributed by atoms with Gasteiger partial charge in [-0.3, -0.25) is 0 Å². The van der Waals surface area contributed by atoms with Crippen molar-refractivity contribution in [2.45, 2.75) is 45.4 Å². The summed E-state index contributed by atoms with van der Waals surface area (Å²) in [7, 11) is 0. The van der Waals surface area contributed by atoms with Crippen molar-refractivity contribution in [3.05, 3.63) is 23.3 Å². The summed E-state index contributed by atoms with van der Waals surface area (Å²) < 4.78 is 11.6. The molecule has 1 heterocycles. The van der Waals surface area contributed by atoms with E-state index in [0.717, 1.165) is 56.9 Å². The van der Waals surface area contributed by atoms with Gasteiger partial charge in [0.1, 0.15) is 0 Å². The van der Waals surface area contributed by atoms with Crippen LogP contribution in [-0.4, -0.2) is 19.8 Å². The molecule has 0 bridgehead atoms. The van der Waals surface area contributed by atoms with Crippen LogP contribution in [0, 0.1) is 0 Å². The van der Waals surface area contributed by atoms with E-state index in [2.05, 4.69) is 26.0 Å². The van der Waals surface area contributed by atoms with E-state index in [9.17, 15) is 0 Å². The molecule has 0 saturated heterocycles. The molecule has 1 aromatic rings. The minimum Gasteiger partial charge on any atom is -0.490 e. The summed E-state index contributed by atoms with van der Waals surface area (Å²) >= 11 is 0. The second-order valence-corrected chi connectivity index (χ2v) is 5.45. The topological polar surface area (TPSA) is 44.5 Å². The van der Waals surface area contributed by atoms with Crippen molar-refractivity contribution in [3.63, 3.8) is 0 Å². The highest BCUT2D eigenvalue weighted by molar-refractivity contribution is 5.48. The third-order valence-electron chi connectivity index (χ3n) is 3.53. The van der Waals surface area contributed by atoms with Gasteiger partial charge in [-0.05, 0) is 55.0 Å². The van der Waals surface area contributed by atoms with E-state index in [1.54, 1.807) is 0 Å². The van der Waals surface area contributed by atoms with Gasteiger partial charge in [0.25, 0.3) is 0 Å². The lowest BCUT2D eigenvalue weighted by atomic mass is 9.93. The molecular weight excluding hydrogens is 238 g/mol. The molecule has 2 rings (SSSR count). The molecule has 1 aliphatic rings. The van der Waals surface area contributed by atoms with E-state index in [0.29, 0.717) is 5.92 Å². The Morgan fingerprint density at radius 3 is 2.42 bits per heavy atom. The molecule has 3 heteroatoms. The van der Waals surface area contributed by atoms with Gasteiger partial charge >= 0.3 is 0 Å². The first-order valence-corrected chi connectivity index (χ1v) is 7.35. The van der Waals surface area contributed by atoms with Crippen LogP contribution in [0.2, 0.25) is 0 Å². The van der Waals surface area contributed by atoms with Crippen LogP contribution in [0.25, 0.3) is 0 Å². The third-order valence-corrected chi connectivity index (χ3v) is 3.53.